The Morgan fingerprint density at radius 2 is 2.40 bits per heavy atom. The predicted molar refractivity (Wildman–Crippen MR) is 50.7 cm³/mol. The molecule has 1 aliphatic heterocycles. The molecule has 1 aromatic carbocycles. The van der Waals surface area contributed by atoms with E-state index in [-0.39, 0.29) is 6.61 Å². The van der Waals surface area contributed by atoms with Gasteiger partial charge in [0.15, 0.2) is 0 Å². The molecule has 0 aliphatic carbocycles. The van der Waals surface area contributed by atoms with Gasteiger partial charge in [0, 0.05) is 11.9 Å². The highest BCUT2D eigenvalue weighted by atomic mass is 16.5. The lowest BCUT2D eigenvalue weighted by Gasteiger charge is -2.26. The van der Waals surface area contributed by atoms with Gasteiger partial charge in [-0.05, 0) is 30.2 Å². The molecule has 1 aromatic rings. The number of methoxy groups -OCH3 is 1. The minimum Gasteiger partial charge on any atom is -0.550 e. The van der Waals surface area contributed by atoms with E-state index in [9.17, 15) is 9.90 Å². The minimum atomic E-state index is -1.07. The SMILES string of the molecule is COc1ccc2c(c1)C[C@@H](C(=O)[O-])CO2. The van der Waals surface area contributed by atoms with Crippen molar-refractivity contribution in [1.29, 1.82) is 0 Å². The molecule has 4 nitrogen and oxygen atoms in total. The lowest BCUT2D eigenvalue weighted by Crippen LogP contribution is -2.38. The molecule has 0 N–H and O–H groups in total. The van der Waals surface area contributed by atoms with Gasteiger partial charge >= 0.3 is 0 Å². The molecule has 0 saturated heterocycles. The first-order chi connectivity index (χ1) is 7.20. The smallest absolute Gasteiger partial charge is 0.122 e. The van der Waals surface area contributed by atoms with E-state index in [1.165, 1.54) is 0 Å². The van der Waals surface area contributed by atoms with Crippen LogP contribution in [0.4, 0.5) is 0 Å². The molecular weight excluding hydrogens is 196 g/mol. The molecule has 1 atom stereocenters. The standard InChI is InChI=1S/C11H12O4/c1-14-9-2-3-10-7(5-9)4-8(6-15-10)11(12)13/h2-3,5,8H,4,6H2,1H3,(H,12,13)/p-1/t8-/m1/s1. The number of carbonyl (C=O) groups excluding carboxylic acids is 1. The number of rotatable bonds is 2. The highest BCUT2D eigenvalue weighted by Crippen LogP contribution is 2.30. The summed E-state index contributed by atoms with van der Waals surface area (Å²) < 4.78 is 10.4. The monoisotopic (exact) mass is 207 g/mol. The van der Waals surface area contributed by atoms with Crippen LogP contribution in [0.5, 0.6) is 11.5 Å². The summed E-state index contributed by atoms with van der Waals surface area (Å²) in [5, 5.41) is 10.7. The number of benzene rings is 1. The fourth-order valence-electron chi connectivity index (χ4n) is 1.65. The highest BCUT2D eigenvalue weighted by molar-refractivity contribution is 5.69. The first-order valence-electron chi connectivity index (χ1n) is 4.71. The molecule has 4 heteroatoms. The molecule has 0 saturated carbocycles. The number of fused-ring (bicyclic) bond motifs is 1. The van der Waals surface area contributed by atoms with Gasteiger partial charge in [-0.2, -0.15) is 0 Å². The Labute approximate surface area is 87.4 Å². The van der Waals surface area contributed by atoms with Crippen LogP contribution in [0, 0.1) is 5.92 Å². The zero-order valence-corrected chi connectivity index (χ0v) is 8.36. The summed E-state index contributed by atoms with van der Waals surface area (Å²) in [5.74, 6) is -0.197. The van der Waals surface area contributed by atoms with Gasteiger partial charge in [-0.1, -0.05) is 0 Å². The van der Waals surface area contributed by atoms with Crippen LogP contribution in [0.1, 0.15) is 5.56 Å². The topological polar surface area (TPSA) is 58.6 Å². The van der Waals surface area contributed by atoms with Crippen LogP contribution < -0.4 is 14.6 Å². The molecule has 0 fully saturated rings. The molecule has 0 amide bonds. The van der Waals surface area contributed by atoms with E-state index >= 15 is 0 Å². The van der Waals surface area contributed by atoms with Crippen molar-refractivity contribution in [2.24, 2.45) is 5.92 Å². The summed E-state index contributed by atoms with van der Waals surface area (Å²) >= 11 is 0. The third-order valence-electron chi connectivity index (χ3n) is 2.51. The van der Waals surface area contributed by atoms with Crippen LogP contribution in [-0.4, -0.2) is 19.7 Å². The summed E-state index contributed by atoms with van der Waals surface area (Å²) in [6, 6.07) is 5.38. The Kier molecular flexibility index (Phi) is 2.49. The largest absolute Gasteiger partial charge is 0.550 e. The quantitative estimate of drug-likeness (QED) is 0.684. The van der Waals surface area contributed by atoms with Gasteiger partial charge in [0.2, 0.25) is 0 Å². The van der Waals surface area contributed by atoms with Crippen molar-refractivity contribution < 1.29 is 19.4 Å². The van der Waals surface area contributed by atoms with E-state index in [0.29, 0.717) is 12.2 Å². The third kappa shape index (κ3) is 1.88. The molecule has 0 bridgehead atoms. The average molecular weight is 207 g/mol. The zero-order chi connectivity index (χ0) is 10.8. The van der Waals surface area contributed by atoms with Crippen LogP contribution in [0.3, 0.4) is 0 Å². The summed E-state index contributed by atoms with van der Waals surface area (Å²) in [6.07, 6.45) is 0.439. The highest BCUT2D eigenvalue weighted by Gasteiger charge is 2.20. The van der Waals surface area contributed by atoms with Gasteiger partial charge < -0.3 is 19.4 Å². The van der Waals surface area contributed by atoms with E-state index in [1.807, 2.05) is 0 Å². The summed E-state index contributed by atoms with van der Waals surface area (Å²) in [4.78, 5) is 10.7. The number of hydrogen-bond acceptors (Lipinski definition) is 4. The Balaban J connectivity index is 2.27. The first kappa shape index (κ1) is 9.83. The van der Waals surface area contributed by atoms with Crippen LogP contribution in [0.25, 0.3) is 0 Å². The van der Waals surface area contributed by atoms with Crippen LogP contribution >= 0.6 is 0 Å². The van der Waals surface area contributed by atoms with E-state index < -0.39 is 11.9 Å². The molecule has 0 radical (unpaired) electrons. The summed E-state index contributed by atoms with van der Waals surface area (Å²) in [7, 11) is 1.57. The van der Waals surface area contributed by atoms with Crippen LogP contribution in [-0.2, 0) is 11.2 Å². The van der Waals surface area contributed by atoms with E-state index in [2.05, 4.69) is 0 Å². The van der Waals surface area contributed by atoms with Crippen molar-refractivity contribution in [2.75, 3.05) is 13.7 Å². The van der Waals surface area contributed by atoms with Crippen molar-refractivity contribution in [3.8, 4) is 11.5 Å². The second kappa shape index (κ2) is 3.81. The molecule has 0 spiro atoms. The molecular formula is C11H11O4-. The van der Waals surface area contributed by atoms with E-state index in [1.54, 1.807) is 25.3 Å². The lowest BCUT2D eigenvalue weighted by molar-refractivity contribution is -0.312. The molecule has 0 aromatic heterocycles. The minimum absolute atomic E-state index is 0.182. The normalized spacial score (nSPS) is 18.9. The second-order valence-electron chi connectivity index (χ2n) is 3.50. The van der Waals surface area contributed by atoms with E-state index in [0.717, 1.165) is 11.3 Å². The maximum Gasteiger partial charge on any atom is 0.122 e. The van der Waals surface area contributed by atoms with Crippen LogP contribution in [0.2, 0.25) is 0 Å². The Hall–Kier alpha value is -1.71. The van der Waals surface area contributed by atoms with Crippen molar-refractivity contribution in [3.05, 3.63) is 23.8 Å². The number of carboxylic acids is 1. The maximum atomic E-state index is 10.7. The number of ether oxygens (including phenoxy) is 2. The van der Waals surface area contributed by atoms with Gasteiger partial charge in [-0.15, -0.1) is 0 Å². The Morgan fingerprint density at radius 1 is 1.60 bits per heavy atom. The fourth-order valence-corrected chi connectivity index (χ4v) is 1.65. The Morgan fingerprint density at radius 3 is 3.07 bits per heavy atom. The summed E-state index contributed by atoms with van der Waals surface area (Å²) in [6.45, 7) is 0.182. The first-order valence-corrected chi connectivity index (χ1v) is 4.71. The average Bonchev–Trinajstić information content (AvgIpc) is 2.27. The van der Waals surface area contributed by atoms with Crippen molar-refractivity contribution in [1.82, 2.24) is 0 Å². The molecule has 80 valence electrons. The third-order valence-corrected chi connectivity index (χ3v) is 2.51. The molecule has 15 heavy (non-hydrogen) atoms. The maximum absolute atomic E-state index is 10.7. The number of carbonyl (C=O) groups is 1. The van der Waals surface area contributed by atoms with E-state index in [4.69, 9.17) is 9.47 Å². The van der Waals surface area contributed by atoms with Gasteiger partial charge in [-0.25, -0.2) is 0 Å². The zero-order valence-electron chi connectivity index (χ0n) is 8.36. The number of aliphatic carboxylic acids is 1. The van der Waals surface area contributed by atoms with Gasteiger partial charge in [0.1, 0.15) is 11.5 Å². The number of carboxylic acid groups (broad SMARTS) is 1. The van der Waals surface area contributed by atoms with Crippen molar-refractivity contribution in [2.45, 2.75) is 6.42 Å². The van der Waals surface area contributed by atoms with Gasteiger partial charge in [0.05, 0.1) is 13.7 Å². The Bertz CT molecular complexity index is 386. The van der Waals surface area contributed by atoms with Crippen molar-refractivity contribution >= 4 is 5.97 Å². The molecule has 1 heterocycles. The molecule has 2 rings (SSSR count). The van der Waals surface area contributed by atoms with Crippen molar-refractivity contribution in [3.63, 3.8) is 0 Å². The summed E-state index contributed by atoms with van der Waals surface area (Å²) in [5.41, 5.74) is 0.856. The lowest BCUT2D eigenvalue weighted by atomic mass is 9.97. The predicted octanol–water partition coefficient (Wildman–Crippen LogP) is -0.00380. The van der Waals surface area contributed by atoms with Gasteiger partial charge in [0.25, 0.3) is 0 Å². The molecule has 0 unspecified atom stereocenters. The number of hydrogen-bond donors (Lipinski definition) is 0. The van der Waals surface area contributed by atoms with Crippen LogP contribution in [0.15, 0.2) is 18.2 Å². The second-order valence-corrected chi connectivity index (χ2v) is 3.50. The van der Waals surface area contributed by atoms with Gasteiger partial charge in [-0.3, -0.25) is 0 Å². The fraction of sp³-hybridized carbons (Fsp3) is 0.364. The molecule has 1 aliphatic rings.